The van der Waals surface area contributed by atoms with Gasteiger partial charge in [0, 0.05) is 25.9 Å². The summed E-state index contributed by atoms with van der Waals surface area (Å²) in [5.41, 5.74) is 6.85. The van der Waals surface area contributed by atoms with Gasteiger partial charge >= 0.3 is 0 Å². The maximum absolute atomic E-state index is 5.74. The standard InChI is InChI=1S/C12H23N3O/c1-10(13)7-11-8-14-15(9-11)6-5-12(2,3)16-4/h8-10H,5-7,13H2,1-4H3. The molecule has 0 bridgehead atoms. The monoisotopic (exact) mass is 225 g/mol. The molecule has 0 aromatic carbocycles. The van der Waals surface area contributed by atoms with Gasteiger partial charge in [0.1, 0.15) is 0 Å². The lowest BCUT2D eigenvalue weighted by Gasteiger charge is -2.22. The molecule has 1 aromatic heterocycles. The van der Waals surface area contributed by atoms with Crippen LogP contribution >= 0.6 is 0 Å². The van der Waals surface area contributed by atoms with Crippen molar-refractivity contribution < 1.29 is 4.74 Å². The van der Waals surface area contributed by atoms with Crippen molar-refractivity contribution in [1.82, 2.24) is 9.78 Å². The average molecular weight is 225 g/mol. The second kappa shape index (κ2) is 5.46. The molecule has 0 fully saturated rings. The molecule has 4 heteroatoms. The van der Waals surface area contributed by atoms with Crippen LogP contribution in [0.2, 0.25) is 0 Å². The molecule has 1 heterocycles. The molecule has 92 valence electrons. The first-order valence-electron chi connectivity index (χ1n) is 5.75. The largest absolute Gasteiger partial charge is 0.379 e. The number of aromatic nitrogens is 2. The van der Waals surface area contributed by atoms with Crippen molar-refractivity contribution in [1.29, 1.82) is 0 Å². The Hall–Kier alpha value is -0.870. The van der Waals surface area contributed by atoms with E-state index in [2.05, 4.69) is 25.1 Å². The lowest BCUT2D eigenvalue weighted by molar-refractivity contribution is 0.0113. The predicted octanol–water partition coefficient (Wildman–Crippen LogP) is 1.59. The van der Waals surface area contributed by atoms with Crippen molar-refractivity contribution in [2.24, 2.45) is 5.73 Å². The molecule has 16 heavy (non-hydrogen) atoms. The van der Waals surface area contributed by atoms with Gasteiger partial charge in [-0.15, -0.1) is 0 Å². The Kier molecular flexibility index (Phi) is 4.50. The molecule has 0 aliphatic carbocycles. The molecule has 1 atom stereocenters. The zero-order chi connectivity index (χ0) is 12.2. The fourth-order valence-corrected chi connectivity index (χ4v) is 1.49. The zero-order valence-corrected chi connectivity index (χ0v) is 10.7. The van der Waals surface area contributed by atoms with Gasteiger partial charge in [0.15, 0.2) is 0 Å². The number of hydrogen-bond donors (Lipinski definition) is 1. The lowest BCUT2D eigenvalue weighted by Crippen LogP contribution is -2.24. The summed E-state index contributed by atoms with van der Waals surface area (Å²) < 4.78 is 7.33. The molecular formula is C12H23N3O. The number of nitrogens with two attached hydrogens (primary N) is 1. The molecule has 0 amide bonds. The van der Waals surface area contributed by atoms with E-state index in [0.717, 1.165) is 19.4 Å². The topological polar surface area (TPSA) is 53.1 Å². The first-order valence-corrected chi connectivity index (χ1v) is 5.75. The van der Waals surface area contributed by atoms with E-state index in [-0.39, 0.29) is 11.6 Å². The number of aryl methyl sites for hydroxylation is 1. The van der Waals surface area contributed by atoms with Gasteiger partial charge < -0.3 is 10.5 Å². The Morgan fingerprint density at radius 3 is 2.81 bits per heavy atom. The molecule has 1 unspecified atom stereocenters. The van der Waals surface area contributed by atoms with Crippen LogP contribution in [0, 0.1) is 0 Å². The molecule has 1 aromatic rings. The summed E-state index contributed by atoms with van der Waals surface area (Å²) >= 11 is 0. The van der Waals surface area contributed by atoms with E-state index in [9.17, 15) is 0 Å². The molecule has 0 saturated carbocycles. The molecule has 4 nitrogen and oxygen atoms in total. The predicted molar refractivity (Wildman–Crippen MR) is 65.3 cm³/mol. The number of rotatable bonds is 6. The summed E-state index contributed by atoms with van der Waals surface area (Å²) in [5.74, 6) is 0. The third kappa shape index (κ3) is 4.33. The third-order valence-electron chi connectivity index (χ3n) is 2.74. The number of hydrogen-bond acceptors (Lipinski definition) is 3. The van der Waals surface area contributed by atoms with Crippen LogP contribution in [0.3, 0.4) is 0 Å². The van der Waals surface area contributed by atoms with Gasteiger partial charge in [-0.3, -0.25) is 4.68 Å². The fraction of sp³-hybridized carbons (Fsp3) is 0.750. The highest BCUT2D eigenvalue weighted by atomic mass is 16.5. The van der Waals surface area contributed by atoms with Crippen LogP contribution in [0.15, 0.2) is 12.4 Å². The van der Waals surface area contributed by atoms with Crippen molar-refractivity contribution in [2.75, 3.05) is 7.11 Å². The molecular weight excluding hydrogens is 202 g/mol. The highest BCUT2D eigenvalue weighted by Gasteiger charge is 2.16. The Bertz CT molecular complexity index is 318. The quantitative estimate of drug-likeness (QED) is 0.800. The van der Waals surface area contributed by atoms with Gasteiger partial charge in [-0.1, -0.05) is 0 Å². The van der Waals surface area contributed by atoms with Crippen molar-refractivity contribution in [3.63, 3.8) is 0 Å². The van der Waals surface area contributed by atoms with E-state index in [1.54, 1.807) is 7.11 Å². The smallest absolute Gasteiger partial charge is 0.0640 e. The Morgan fingerprint density at radius 2 is 2.25 bits per heavy atom. The van der Waals surface area contributed by atoms with E-state index in [1.807, 2.05) is 17.8 Å². The Labute approximate surface area is 97.8 Å². The third-order valence-corrected chi connectivity index (χ3v) is 2.74. The Balaban J connectivity index is 2.46. The second-order valence-corrected chi connectivity index (χ2v) is 5.01. The summed E-state index contributed by atoms with van der Waals surface area (Å²) in [6.07, 6.45) is 5.79. The van der Waals surface area contributed by atoms with Crippen LogP contribution in [0.25, 0.3) is 0 Å². The normalized spacial score (nSPS) is 14.1. The zero-order valence-electron chi connectivity index (χ0n) is 10.7. The molecule has 0 radical (unpaired) electrons. The molecule has 0 aliphatic rings. The van der Waals surface area contributed by atoms with Crippen molar-refractivity contribution in [3.05, 3.63) is 18.0 Å². The van der Waals surface area contributed by atoms with E-state index in [4.69, 9.17) is 10.5 Å². The highest BCUT2D eigenvalue weighted by Crippen LogP contribution is 2.14. The minimum Gasteiger partial charge on any atom is -0.379 e. The van der Waals surface area contributed by atoms with E-state index in [0.29, 0.717) is 0 Å². The van der Waals surface area contributed by atoms with Gasteiger partial charge in [-0.05, 0) is 39.2 Å². The molecule has 2 N–H and O–H groups in total. The van der Waals surface area contributed by atoms with Crippen molar-refractivity contribution in [3.8, 4) is 0 Å². The van der Waals surface area contributed by atoms with E-state index in [1.165, 1.54) is 5.56 Å². The van der Waals surface area contributed by atoms with Crippen LogP contribution in [0.1, 0.15) is 32.8 Å². The summed E-state index contributed by atoms with van der Waals surface area (Å²) in [7, 11) is 1.74. The van der Waals surface area contributed by atoms with Gasteiger partial charge in [-0.2, -0.15) is 5.10 Å². The first kappa shape index (κ1) is 13.2. The maximum Gasteiger partial charge on any atom is 0.0640 e. The van der Waals surface area contributed by atoms with Gasteiger partial charge in [0.25, 0.3) is 0 Å². The first-order chi connectivity index (χ1) is 7.43. The van der Waals surface area contributed by atoms with E-state index >= 15 is 0 Å². The SMILES string of the molecule is COC(C)(C)CCn1cc(CC(C)N)cn1. The molecule has 0 saturated heterocycles. The summed E-state index contributed by atoms with van der Waals surface area (Å²) in [6.45, 7) is 7.05. The average Bonchev–Trinajstić information content (AvgIpc) is 2.62. The van der Waals surface area contributed by atoms with Crippen LogP contribution in [-0.2, 0) is 17.7 Å². The number of ether oxygens (including phenoxy) is 1. The van der Waals surface area contributed by atoms with Gasteiger partial charge in [0.2, 0.25) is 0 Å². The van der Waals surface area contributed by atoms with Crippen LogP contribution in [0.5, 0.6) is 0 Å². The van der Waals surface area contributed by atoms with Crippen LogP contribution < -0.4 is 5.73 Å². The van der Waals surface area contributed by atoms with Gasteiger partial charge in [-0.25, -0.2) is 0 Å². The summed E-state index contributed by atoms with van der Waals surface area (Å²) in [5, 5.41) is 4.31. The second-order valence-electron chi connectivity index (χ2n) is 5.01. The molecule has 0 aliphatic heterocycles. The van der Waals surface area contributed by atoms with Crippen molar-refractivity contribution >= 4 is 0 Å². The lowest BCUT2D eigenvalue weighted by atomic mass is 10.1. The molecule has 0 spiro atoms. The summed E-state index contributed by atoms with van der Waals surface area (Å²) in [6, 6.07) is 0.188. The summed E-state index contributed by atoms with van der Waals surface area (Å²) in [4.78, 5) is 0. The Morgan fingerprint density at radius 1 is 1.56 bits per heavy atom. The van der Waals surface area contributed by atoms with Crippen molar-refractivity contribution in [2.45, 2.75) is 51.8 Å². The number of nitrogens with zero attached hydrogens (tertiary/aromatic N) is 2. The number of methoxy groups -OCH3 is 1. The van der Waals surface area contributed by atoms with E-state index < -0.39 is 0 Å². The highest BCUT2D eigenvalue weighted by molar-refractivity contribution is 5.05. The van der Waals surface area contributed by atoms with Gasteiger partial charge in [0.05, 0.1) is 11.8 Å². The van der Waals surface area contributed by atoms with Crippen LogP contribution in [0.4, 0.5) is 0 Å². The van der Waals surface area contributed by atoms with Crippen LogP contribution in [-0.4, -0.2) is 28.5 Å². The minimum absolute atomic E-state index is 0.0900. The fourth-order valence-electron chi connectivity index (χ4n) is 1.49. The molecule has 1 rings (SSSR count). The maximum atomic E-state index is 5.74. The minimum atomic E-state index is -0.0900.